The summed E-state index contributed by atoms with van der Waals surface area (Å²) in [6.45, 7) is 0. The van der Waals surface area contributed by atoms with Gasteiger partial charge in [-0.1, -0.05) is 6.42 Å². The highest BCUT2D eigenvalue weighted by atomic mass is 35.5. The highest BCUT2D eigenvalue weighted by Crippen LogP contribution is 2.65. The van der Waals surface area contributed by atoms with E-state index in [1.54, 1.807) is 0 Å². The van der Waals surface area contributed by atoms with Crippen LogP contribution in [0.2, 0.25) is 0 Å². The number of hydrogen-bond donors (Lipinski definition) is 0. The Labute approximate surface area is 172 Å². The average molecular weight is 533 g/mol. The van der Waals surface area contributed by atoms with Crippen LogP contribution in [0.15, 0.2) is 0 Å². The van der Waals surface area contributed by atoms with E-state index in [2.05, 4.69) is 11.6 Å². The topological polar surface area (TPSA) is 17.1 Å². The Morgan fingerprint density at radius 2 is 0.906 bits per heavy atom. The number of Topliss-reactive ketones (excluding diaryl/α,β-unsaturated/α-hetero) is 1. The zero-order valence-electron chi connectivity index (χ0n) is 14.7. The minimum atomic E-state index is -8.50. The largest absolute Gasteiger partial charge is 0.393 e. The summed E-state index contributed by atoms with van der Waals surface area (Å²) < 4.78 is 214. The van der Waals surface area contributed by atoms with Crippen LogP contribution < -0.4 is 0 Å². The molecular formula is C14H9ClF16O. The Kier molecular flexibility index (Phi) is 6.93. The Hall–Kier alpha value is -1.16. The van der Waals surface area contributed by atoms with Gasteiger partial charge in [0, 0.05) is 6.42 Å². The van der Waals surface area contributed by atoms with Gasteiger partial charge in [-0.15, -0.1) is 0 Å². The molecule has 18 heteroatoms. The van der Waals surface area contributed by atoms with E-state index < -0.39 is 77.8 Å². The Morgan fingerprint density at radius 1 is 0.562 bits per heavy atom. The number of ketones is 1. The van der Waals surface area contributed by atoms with Crippen LogP contribution in [-0.4, -0.2) is 52.6 Å². The van der Waals surface area contributed by atoms with Crippen molar-refractivity contribution in [2.75, 3.05) is 0 Å². The first kappa shape index (κ1) is 28.9. The predicted molar refractivity (Wildman–Crippen MR) is 72.4 cm³/mol. The monoisotopic (exact) mass is 532 g/mol. The molecule has 1 rings (SSSR count). The Morgan fingerprint density at radius 3 is 1.25 bits per heavy atom. The first-order valence-electron chi connectivity index (χ1n) is 8.01. The van der Waals surface area contributed by atoms with E-state index in [4.69, 9.17) is 0 Å². The fourth-order valence-electron chi connectivity index (χ4n) is 2.76. The smallest absolute Gasteiger partial charge is 0.299 e. The lowest BCUT2D eigenvalue weighted by atomic mass is 9.78. The van der Waals surface area contributed by atoms with E-state index in [0.29, 0.717) is 0 Å². The molecule has 1 aliphatic rings. The summed E-state index contributed by atoms with van der Waals surface area (Å²) in [7, 11) is 0. The molecule has 1 unspecified atom stereocenters. The highest BCUT2D eigenvalue weighted by Gasteiger charge is 2.95. The SMILES string of the molecule is O=C1CCCCC1C(F)(F)C(F)(F)C(F)(F)C(F)(F)C(F)(F)C(F)(F)C(F)(F)C(F)(F)Cl. The van der Waals surface area contributed by atoms with Crippen molar-refractivity contribution in [2.24, 2.45) is 5.92 Å². The number of rotatable bonds is 8. The molecule has 0 aromatic rings. The molecular weight excluding hydrogens is 524 g/mol. The summed E-state index contributed by atoms with van der Waals surface area (Å²) in [6, 6.07) is 0. The van der Waals surface area contributed by atoms with Gasteiger partial charge in [-0.05, 0) is 24.4 Å². The van der Waals surface area contributed by atoms with Gasteiger partial charge >= 0.3 is 46.8 Å². The average Bonchev–Trinajstić information content (AvgIpc) is 2.59. The fraction of sp³-hybridized carbons (Fsp3) is 0.929. The van der Waals surface area contributed by atoms with E-state index in [-0.39, 0.29) is 6.42 Å². The van der Waals surface area contributed by atoms with Crippen LogP contribution in [0.3, 0.4) is 0 Å². The predicted octanol–water partition coefficient (Wildman–Crippen LogP) is 7.02. The van der Waals surface area contributed by atoms with Crippen LogP contribution >= 0.6 is 11.6 Å². The Balaban J connectivity index is 3.63. The lowest BCUT2D eigenvalue weighted by molar-refractivity contribution is -0.450. The Bertz CT molecular complexity index is 725. The molecule has 0 amide bonds. The molecule has 190 valence electrons. The summed E-state index contributed by atoms with van der Waals surface area (Å²) in [4.78, 5) is 11.4. The van der Waals surface area contributed by atoms with E-state index in [1.165, 1.54) is 0 Å². The van der Waals surface area contributed by atoms with Crippen molar-refractivity contribution in [3.63, 3.8) is 0 Å². The van der Waals surface area contributed by atoms with Gasteiger partial charge in [0.1, 0.15) is 5.78 Å². The van der Waals surface area contributed by atoms with Gasteiger partial charge in [0.25, 0.3) is 0 Å². The molecule has 0 N–H and O–H groups in total. The molecule has 0 radical (unpaired) electrons. The third-order valence-electron chi connectivity index (χ3n) is 4.74. The fourth-order valence-corrected chi connectivity index (χ4v) is 2.88. The van der Waals surface area contributed by atoms with Crippen LogP contribution in [0.25, 0.3) is 0 Å². The maximum atomic E-state index is 14.0. The molecule has 1 saturated carbocycles. The zero-order chi connectivity index (χ0) is 26.0. The van der Waals surface area contributed by atoms with Crippen molar-refractivity contribution in [1.29, 1.82) is 0 Å². The maximum Gasteiger partial charge on any atom is 0.393 e. The van der Waals surface area contributed by atoms with Crippen molar-refractivity contribution in [1.82, 2.24) is 0 Å². The molecule has 0 saturated heterocycles. The van der Waals surface area contributed by atoms with E-state index in [0.717, 1.165) is 0 Å². The molecule has 1 aliphatic carbocycles. The minimum absolute atomic E-state index is 0.227. The lowest BCUT2D eigenvalue weighted by Gasteiger charge is -2.44. The third kappa shape index (κ3) is 3.60. The minimum Gasteiger partial charge on any atom is -0.299 e. The van der Waals surface area contributed by atoms with Crippen LogP contribution in [-0.2, 0) is 4.79 Å². The van der Waals surface area contributed by atoms with Gasteiger partial charge in [0.2, 0.25) is 0 Å². The molecule has 0 aromatic carbocycles. The molecule has 0 heterocycles. The normalized spacial score (nSPS) is 21.2. The van der Waals surface area contributed by atoms with Crippen LogP contribution in [0.4, 0.5) is 70.2 Å². The number of hydrogen-bond acceptors (Lipinski definition) is 1. The van der Waals surface area contributed by atoms with Crippen molar-refractivity contribution in [2.45, 2.75) is 72.5 Å². The highest BCUT2D eigenvalue weighted by molar-refractivity contribution is 6.22. The van der Waals surface area contributed by atoms with Crippen LogP contribution in [0, 0.1) is 5.92 Å². The van der Waals surface area contributed by atoms with Crippen LogP contribution in [0.1, 0.15) is 25.7 Å². The molecule has 0 bridgehead atoms. The second-order valence-electron chi connectivity index (χ2n) is 6.83. The number of alkyl halides is 17. The molecule has 0 spiro atoms. The second kappa shape index (κ2) is 7.68. The summed E-state index contributed by atoms with van der Waals surface area (Å²) >= 11 is 3.43. The number of halogens is 17. The van der Waals surface area contributed by atoms with E-state index >= 15 is 0 Å². The number of carbonyl (C=O) groups excluding carboxylic acids is 1. The number of carbonyl (C=O) groups is 1. The van der Waals surface area contributed by atoms with Crippen molar-refractivity contribution >= 4 is 17.4 Å². The lowest BCUT2D eigenvalue weighted by Crippen LogP contribution is -2.75. The first-order valence-corrected chi connectivity index (χ1v) is 8.38. The molecule has 32 heavy (non-hydrogen) atoms. The molecule has 1 fully saturated rings. The van der Waals surface area contributed by atoms with Gasteiger partial charge in [0.15, 0.2) is 0 Å². The summed E-state index contributed by atoms with van der Waals surface area (Å²) in [5.41, 5.74) is 0. The maximum absolute atomic E-state index is 14.0. The van der Waals surface area contributed by atoms with Crippen LogP contribution in [0.5, 0.6) is 0 Å². The molecule has 1 nitrogen and oxygen atoms in total. The second-order valence-corrected chi connectivity index (χ2v) is 7.31. The summed E-state index contributed by atoms with van der Waals surface area (Å²) in [5.74, 6) is -60.9. The first-order chi connectivity index (χ1) is 13.8. The van der Waals surface area contributed by atoms with Gasteiger partial charge in [-0.25, -0.2) is 0 Å². The van der Waals surface area contributed by atoms with Gasteiger partial charge in [-0.3, -0.25) is 4.79 Å². The molecule has 0 aliphatic heterocycles. The van der Waals surface area contributed by atoms with Crippen molar-refractivity contribution < 1.29 is 75.0 Å². The quantitative estimate of drug-likeness (QED) is 0.242. The van der Waals surface area contributed by atoms with Crippen molar-refractivity contribution in [3.8, 4) is 0 Å². The van der Waals surface area contributed by atoms with Gasteiger partial charge in [0.05, 0.1) is 5.92 Å². The zero-order valence-corrected chi connectivity index (χ0v) is 15.5. The van der Waals surface area contributed by atoms with Gasteiger partial charge in [-0.2, -0.15) is 70.2 Å². The van der Waals surface area contributed by atoms with Crippen molar-refractivity contribution in [3.05, 3.63) is 0 Å². The van der Waals surface area contributed by atoms with E-state index in [1.807, 2.05) is 0 Å². The summed E-state index contributed by atoms with van der Waals surface area (Å²) in [5, 5.41) is -6.81. The standard InChI is InChI=1S/C14H9ClF16O/c15-14(30,31)13(28,29)12(26,27)11(24,25)10(22,23)9(20,21)8(18,19)7(16,17)5-3-1-2-4-6(5)32/h5H,1-4H2. The molecule has 1 atom stereocenters. The van der Waals surface area contributed by atoms with E-state index in [9.17, 15) is 75.0 Å². The third-order valence-corrected chi connectivity index (χ3v) is 4.98. The molecule has 0 aromatic heterocycles. The van der Waals surface area contributed by atoms with Gasteiger partial charge < -0.3 is 0 Å². The summed E-state index contributed by atoms with van der Waals surface area (Å²) in [6.07, 6.45) is -3.01.